The first-order chi connectivity index (χ1) is 20.5. The third kappa shape index (κ3) is 4.85. The van der Waals surface area contributed by atoms with Crippen molar-refractivity contribution in [3.05, 3.63) is 77.2 Å². The Kier molecular flexibility index (Phi) is 6.58. The smallest absolute Gasteiger partial charge is 0.262 e. The molecular weight excluding hydrogens is 534 g/mol. The zero-order chi connectivity index (χ0) is 28.8. The van der Waals surface area contributed by atoms with E-state index >= 15 is 0 Å². The van der Waals surface area contributed by atoms with E-state index in [0.29, 0.717) is 12.5 Å². The predicted octanol–water partition coefficient (Wildman–Crippen LogP) is 2.95. The first-order valence-corrected chi connectivity index (χ1v) is 14.3. The summed E-state index contributed by atoms with van der Waals surface area (Å²) in [4.78, 5) is 60.2. The molecule has 4 heterocycles. The molecule has 1 unspecified atom stereocenters. The monoisotopic (exact) mass is 563 g/mol. The molecule has 2 aliphatic heterocycles. The van der Waals surface area contributed by atoms with Gasteiger partial charge in [-0.1, -0.05) is 18.2 Å². The van der Waals surface area contributed by atoms with E-state index in [2.05, 4.69) is 21.8 Å². The van der Waals surface area contributed by atoms with E-state index in [9.17, 15) is 19.2 Å². The van der Waals surface area contributed by atoms with Crippen molar-refractivity contribution in [1.29, 1.82) is 0 Å². The topological polar surface area (TPSA) is 139 Å². The molecule has 7 rings (SSSR count). The normalized spacial score (nSPS) is 18.6. The second-order valence-electron chi connectivity index (χ2n) is 11.1. The molecule has 1 atom stereocenters. The summed E-state index contributed by atoms with van der Waals surface area (Å²) in [6.07, 6.45) is 7.28. The molecule has 11 heteroatoms. The van der Waals surface area contributed by atoms with Gasteiger partial charge in [-0.15, -0.1) is 0 Å². The Morgan fingerprint density at radius 3 is 2.55 bits per heavy atom. The lowest BCUT2D eigenvalue weighted by molar-refractivity contribution is -0.136. The van der Waals surface area contributed by atoms with E-state index in [4.69, 9.17) is 10.1 Å². The molecule has 4 aromatic rings. The molecule has 0 bridgehead atoms. The highest BCUT2D eigenvalue weighted by atomic mass is 16.2. The third-order valence-corrected chi connectivity index (χ3v) is 8.05. The molecule has 1 saturated heterocycles. The SMILES string of the molecule is O=C1CCC(N2C(=O)c3ccc(CNCCCn4cc(-c5cnc6ccccc6n5)c(C5CC5)n4)cc3C2=O)C(=O)N1. The van der Waals surface area contributed by atoms with E-state index in [1.807, 2.05) is 41.2 Å². The summed E-state index contributed by atoms with van der Waals surface area (Å²) < 4.78 is 1.99. The van der Waals surface area contributed by atoms with Crippen LogP contribution in [0.25, 0.3) is 22.3 Å². The van der Waals surface area contributed by atoms with Gasteiger partial charge in [-0.25, -0.2) is 4.98 Å². The standard InChI is InChI=1S/C31H29N7O4/c39-27-11-10-26(29(40)35-27)38-30(41)20-9-6-18(14-21(20)31(38)42)15-32-12-3-13-37-17-22(28(36-37)19-7-8-19)25-16-33-23-4-1-2-5-24(23)34-25/h1-2,4-6,9,14,16-17,19,26,32H,3,7-8,10-13,15H2,(H,35,39,40). The number of carbonyl (C=O) groups is 4. The fourth-order valence-electron chi connectivity index (χ4n) is 5.72. The Morgan fingerprint density at radius 2 is 1.74 bits per heavy atom. The Hall–Kier alpha value is -4.77. The molecule has 2 aromatic carbocycles. The Bertz CT molecular complexity index is 1760. The second-order valence-corrected chi connectivity index (χ2v) is 11.1. The van der Waals surface area contributed by atoms with E-state index in [0.717, 1.165) is 70.8 Å². The van der Waals surface area contributed by atoms with Crippen molar-refractivity contribution in [1.82, 2.24) is 35.3 Å². The van der Waals surface area contributed by atoms with Crippen molar-refractivity contribution in [2.75, 3.05) is 6.54 Å². The van der Waals surface area contributed by atoms with Crippen molar-refractivity contribution in [2.45, 2.75) is 57.2 Å². The minimum atomic E-state index is -0.965. The van der Waals surface area contributed by atoms with Crippen molar-refractivity contribution >= 4 is 34.7 Å². The minimum Gasteiger partial charge on any atom is -0.313 e. The van der Waals surface area contributed by atoms with Crippen LogP contribution in [0.2, 0.25) is 0 Å². The van der Waals surface area contributed by atoms with Crippen LogP contribution in [0, 0.1) is 0 Å². The highest BCUT2D eigenvalue weighted by molar-refractivity contribution is 6.23. The molecule has 2 aromatic heterocycles. The average molecular weight is 564 g/mol. The number of aromatic nitrogens is 4. The summed E-state index contributed by atoms with van der Waals surface area (Å²) in [6, 6.07) is 12.1. The maximum Gasteiger partial charge on any atom is 0.262 e. The number of rotatable bonds is 9. The number of hydrogen-bond donors (Lipinski definition) is 2. The maximum absolute atomic E-state index is 13.1. The third-order valence-electron chi connectivity index (χ3n) is 8.05. The maximum atomic E-state index is 13.1. The Labute approximate surface area is 241 Å². The van der Waals surface area contributed by atoms with E-state index in [-0.39, 0.29) is 24.0 Å². The number of hydrogen-bond acceptors (Lipinski definition) is 8. The highest BCUT2D eigenvalue weighted by Gasteiger charge is 2.44. The molecule has 212 valence electrons. The van der Waals surface area contributed by atoms with Gasteiger partial charge in [-0.05, 0) is 62.1 Å². The van der Waals surface area contributed by atoms with Gasteiger partial charge >= 0.3 is 0 Å². The van der Waals surface area contributed by atoms with Crippen LogP contribution in [0.4, 0.5) is 0 Å². The largest absolute Gasteiger partial charge is 0.313 e. The Balaban J connectivity index is 0.964. The lowest BCUT2D eigenvalue weighted by Gasteiger charge is -2.27. The quantitative estimate of drug-likeness (QED) is 0.234. The number of carbonyl (C=O) groups excluding carboxylic acids is 4. The number of aryl methyl sites for hydroxylation is 1. The molecular formula is C31H29N7O4. The van der Waals surface area contributed by atoms with Crippen LogP contribution < -0.4 is 10.6 Å². The average Bonchev–Trinajstić information content (AvgIpc) is 3.71. The Morgan fingerprint density at radius 1 is 0.929 bits per heavy atom. The number of benzene rings is 2. The van der Waals surface area contributed by atoms with E-state index < -0.39 is 29.7 Å². The van der Waals surface area contributed by atoms with Gasteiger partial charge in [0.25, 0.3) is 11.8 Å². The molecule has 0 radical (unpaired) electrons. The molecule has 3 aliphatic rings. The van der Waals surface area contributed by atoms with Crippen LogP contribution in [0.15, 0.2) is 54.9 Å². The van der Waals surface area contributed by atoms with Crippen LogP contribution in [0.5, 0.6) is 0 Å². The first kappa shape index (κ1) is 26.1. The van der Waals surface area contributed by atoms with Crippen LogP contribution in [-0.2, 0) is 22.7 Å². The van der Waals surface area contributed by atoms with Crippen molar-refractivity contribution < 1.29 is 19.2 Å². The van der Waals surface area contributed by atoms with E-state index in [1.165, 1.54) is 0 Å². The number of amides is 4. The first-order valence-electron chi connectivity index (χ1n) is 14.3. The summed E-state index contributed by atoms with van der Waals surface area (Å²) in [5, 5.41) is 10.5. The van der Waals surface area contributed by atoms with E-state index in [1.54, 1.807) is 12.1 Å². The van der Waals surface area contributed by atoms with Crippen LogP contribution in [-0.4, -0.2) is 60.9 Å². The fourth-order valence-corrected chi connectivity index (χ4v) is 5.72. The number of imide groups is 2. The molecule has 11 nitrogen and oxygen atoms in total. The van der Waals surface area contributed by atoms with Crippen molar-refractivity contribution in [3.63, 3.8) is 0 Å². The minimum absolute atomic E-state index is 0.0955. The molecule has 1 aliphatic carbocycles. The van der Waals surface area contributed by atoms with Crippen molar-refractivity contribution in [3.8, 4) is 11.3 Å². The molecule has 0 spiro atoms. The van der Waals surface area contributed by atoms with Gasteiger partial charge in [-0.3, -0.25) is 39.1 Å². The van der Waals surface area contributed by atoms with Gasteiger partial charge in [0, 0.05) is 37.2 Å². The summed E-state index contributed by atoms with van der Waals surface area (Å²) in [7, 11) is 0. The van der Waals surface area contributed by atoms with Gasteiger partial charge in [0.2, 0.25) is 11.8 Å². The lowest BCUT2D eigenvalue weighted by atomic mass is 10.0. The molecule has 2 N–H and O–H groups in total. The molecule has 42 heavy (non-hydrogen) atoms. The summed E-state index contributed by atoms with van der Waals surface area (Å²) in [5.74, 6) is -1.52. The van der Waals surface area contributed by atoms with Crippen LogP contribution >= 0.6 is 0 Å². The molecule has 2 fully saturated rings. The van der Waals surface area contributed by atoms with Crippen LogP contribution in [0.3, 0.4) is 0 Å². The van der Waals surface area contributed by atoms with Gasteiger partial charge in [-0.2, -0.15) is 5.10 Å². The number of para-hydroxylation sites is 2. The lowest BCUT2D eigenvalue weighted by Crippen LogP contribution is -2.54. The van der Waals surface area contributed by atoms with Gasteiger partial charge < -0.3 is 5.32 Å². The predicted molar refractivity (Wildman–Crippen MR) is 152 cm³/mol. The zero-order valence-corrected chi connectivity index (χ0v) is 22.9. The number of nitrogens with zero attached hydrogens (tertiary/aromatic N) is 5. The number of fused-ring (bicyclic) bond motifs is 2. The number of nitrogens with one attached hydrogen (secondary N) is 2. The van der Waals surface area contributed by atoms with Gasteiger partial charge in [0.1, 0.15) is 6.04 Å². The highest BCUT2D eigenvalue weighted by Crippen LogP contribution is 2.43. The van der Waals surface area contributed by atoms with Crippen molar-refractivity contribution in [2.24, 2.45) is 0 Å². The molecule has 4 amide bonds. The summed E-state index contributed by atoms with van der Waals surface area (Å²) >= 11 is 0. The number of piperidine rings is 1. The zero-order valence-electron chi connectivity index (χ0n) is 22.9. The fraction of sp³-hybridized carbons (Fsp3) is 0.323. The van der Waals surface area contributed by atoms with Gasteiger partial charge in [0.15, 0.2) is 0 Å². The summed E-state index contributed by atoms with van der Waals surface area (Å²) in [6.45, 7) is 2.00. The van der Waals surface area contributed by atoms with Gasteiger partial charge in [0.05, 0.1) is 39.7 Å². The second kappa shape index (κ2) is 10.6. The molecule has 1 saturated carbocycles. The summed E-state index contributed by atoms with van der Waals surface area (Å²) in [5.41, 5.74) is 6.17. The van der Waals surface area contributed by atoms with Crippen LogP contribution in [0.1, 0.15) is 70.0 Å².